The summed E-state index contributed by atoms with van der Waals surface area (Å²) < 4.78 is 1.18. The van der Waals surface area contributed by atoms with Crippen LogP contribution in [0.4, 0.5) is 0 Å². The van der Waals surface area contributed by atoms with Gasteiger partial charge in [-0.25, -0.2) is 5.90 Å². The molecule has 0 saturated carbocycles. The monoisotopic (exact) mass is 243 g/mol. The molecule has 0 aliphatic heterocycles. The van der Waals surface area contributed by atoms with E-state index in [1.807, 2.05) is 0 Å². The van der Waals surface area contributed by atoms with E-state index < -0.39 is 0 Å². The lowest BCUT2D eigenvalue weighted by Gasteiger charge is -2.08. The highest BCUT2D eigenvalue weighted by Gasteiger charge is 2.04. The number of halogens is 1. The molecule has 72 valence electrons. The Bertz CT molecular complexity index is 299. The molecule has 1 aromatic rings. The fourth-order valence-corrected chi connectivity index (χ4v) is 1.69. The Labute approximate surface area is 87.2 Å². The van der Waals surface area contributed by atoms with Crippen molar-refractivity contribution in [2.24, 2.45) is 5.90 Å². The first kappa shape index (κ1) is 10.7. The number of aryl methyl sites for hydroxylation is 1. The number of hydrogen-bond donors (Lipinski definition) is 1. The van der Waals surface area contributed by atoms with E-state index in [1.54, 1.807) is 0 Å². The van der Waals surface area contributed by atoms with Gasteiger partial charge in [-0.15, -0.1) is 0 Å². The van der Waals surface area contributed by atoms with Crippen molar-refractivity contribution in [3.8, 4) is 0 Å². The van der Waals surface area contributed by atoms with Gasteiger partial charge in [0, 0.05) is 4.47 Å². The first-order valence-electron chi connectivity index (χ1n) is 4.23. The van der Waals surface area contributed by atoms with E-state index in [0.29, 0.717) is 6.61 Å². The maximum absolute atomic E-state index is 4.98. The topological polar surface area (TPSA) is 35.2 Å². The van der Waals surface area contributed by atoms with Gasteiger partial charge in [0.1, 0.15) is 0 Å². The third-order valence-electron chi connectivity index (χ3n) is 2.18. The lowest BCUT2D eigenvalue weighted by atomic mass is 10.0. The van der Waals surface area contributed by atoms with Crippen molar-refractivity contribution < 1.29 is 4.84 Å². The molecule has 0 spiro atoms. The van der Waals surface area contributed by atoms with E-state index in [9.17, 15) is 0 Å². The molecule has 0 unspecified atom stereocenters. The Hall–Kier alpha value is -0.380. The minimum atomic E-state index is 0.566. The molecule has 0 aliphatic rings. The normalized spacial score (nSPS) is 10.5. The second-order valence-electron chi connectivity index (χ2n) is 3.10. The van der Waals surface area contributed by atoms with Crippen LogP contribution in [0.3, 0.4) is 0 Å². The zero-order valence-corrected chi connectivity index (χ0v) is 9.52. The highest BCUT2D eigenvalue weighted by molar-refractivity contribution is 9.10. The van der Waals surface area contributed by atoms with E-state index in [-0.39, 0.29) is 0 Å². The van der Waals surface area contributed by atoms with Crippen molar-refractivity contribution in [1.29, 1.82) is 0 Å². The van der Waals surface area contributed by atoms with Crippen LogP contribution in [-0.2, 0) is 11.3 Å². The standard InChI is InChI=1S/C10H14BrNO/c1-7-3-4-9(5-6-13-12)8(2)10(7)11/h3-4H,5-6,12H2,1-2H3. The Morgan fingerprint density at radius 3 is 2.69 bits per heavy atom. The third kappa shape index (κ3) is 2.53. The van der Waals surface area contributed by atoms with Gasteiger partial charge in [-0.05, 0) is 37.0 Å². The average Bonchev–Trinajstić information content (AvgIpc) is 2.13. The summed E-state index contributed by atoms with van der Waals surface area (Å²) >= 11 is 3.55. The summed E-state index contributed by atoms with van der Waals surface area (Å²) in [5.41, 5.74) is 3.81. The second kappa shape index (κ2) is 4.74. The summed E-state index contributed by atoms with van der Waals surface area (Å²) in [6.45, 7) is 4.75. The van der Waals surface area contributed by atoms with Crippen LogP contribution in [0.2, 0.25) is 0 Å². The number of rotatable bonds is 3. The summed E-state index contributed by atoms with van der Waals surface area (Å²) in [5, 5.41) is 0. The van der Waals surface area contributed by atoms with Crippen LogP contribution in [0.25, 0.3) is 0 Å². The predicted octanol–water partition coefficient (Wildman–Crippen LogP) is 2.50. The molecular weight excluding hydrogens is 230 g/mol. The summed E-state index contributed by atoms with van der Waals surface area (Å²) in [6, 6.07) is 4.22. The number of nitrogens with two attached hydrogens (primary N) is 1. The second-order valence-corrected chi connectivity index (χ2v) is 3.89. The molecule has 3 heteroatoms. The third-order valence-corrected chi connectivity index (χ3v) is 3.40. The van der Waals surface area contributed by atoms with Gasteiger partial charge >= 0.3 is 0 Å². The van der Waals surface area contributed by atoms with Crippen LogP contribution in [-0.4, -0.2) is 6.61 Å². The van der Waals surface area contributed by atoms with Gasteiger partial charge < -0.3 is 4.84 Å². The van der Waals surface area contributed by atoms with Crippen LogP contribution in [0.1, 0.15) is 16.7 Å². The maximum atomic E-state index is 4.98. The van der Waals surface area contributed by atoms with Crippen LogP contribution in [0.15, 0.2) is 16.6 Å². The molecule has 2 nitrogen and oxygen atoms in total. The first-order valence-corrected chi connectivity index (χ1v) is 5.02. The lowest BCUT2D eigenvalue weighted by molar-refractivity contribution is 0.141. The summed E-state index contributed by atoms with van der Waals surface area (Å²) in [6.07, 6.45) is 0.862. The van der Waals surface area contributed by atoms with Gasteiger partial charge in [-0.2, -0.15) is 0 Å². The predicted molar refractivity (Wildman–Crippen MR) is 57.5 cm³/mol. The van der Waals surface area contributed by atoms with Crippen LogP contribution >= 0.6 is 15.9 Å². The highest BCUT2D eigenvalue weighted by atomic mass is 79.9. The molecule has 0 fully saturated rings. The quantitative estimate of drug-likeness (QED) is 0.829. The first-order chi connectivity index (χ1) is 6.16. The molecule has 2 N–H and O–H groups in total. The Morgan fingerprint density at radius 1 is 1.38 bits per heavy atom. The largest absolute Gasteiger partial charge is 0.304 e. The van der Waals surface area contributed by atoms with Gasteiger partial charge in [0.2, 0.25) is 0 Å². The van der Waals surface area contributed by atoms with Crippen LogP contribution < -0.4 is 5.90 Å². The van der Waals surface area contributed by atoms with Crippen molar-refractivity contribution in [1.82, 2.24) is 0 Å². The van der Waals surface area contributed by atoms with E-state index in [4.69, 9.17) is 5.90 Å². The fourth-order valence-electron chi connectivity index (χ4n) is 1.30. The molecule has 1 rings (SSSR count). The Balaban J connectivity index is 2.90. The number of benzene rings is 1. The van der Waals surface area contributed by atoms with Gasteiger partial charge in [0.15, 0.2) is 0 Å². The zero-order chi connectivity index (χ0) is 9.84. The molecule has 0 saturated heterocycles. The molecule has 0 heterocycles. The van der Waals surface area contributed by atoms with Crippen molar-refractivity contribution in [3.05, 3.63) is 33.3 Å². The molecular formula is C10H14BrNO. The van der Waals surface area contributed by atoms with Crippen molar-refractivity contribution in [2.75, 3.05) is 6.61 Å². The van der Waals surface area contributed by atoms with E-state index in [1.165, 1.54) is 21.2 Å². The molecule has 1 aromatic carbocycles. The molecule has 13 heavy (non-hydrogen) atoms. The molecule has 0 aliphatic carbocycles. The molecule has 0 bridgehead atoms. The minimum Gasteiger partial charge on any atom is -0.304 e. The molecule has 0 atom stereocenters. The van der Waals surface area contributed by atoms with Gasteiger partial charge in [0.25, 0.3) is 0 Å². The molecule has 0 radical (unpaired) electrons. The van der Waals surface area contributed by atoms with Crippen LogP contribution in [0, 0.1) is 13.8 Å². The van der Waals surface area contributed by atoms with Crippen molar-refractivity contribution in [2.45, 2.75) is 20.3 Å². The maximum Gasteiger partial charge on any atom is 0.0719 e. The Kier molecular flexibility index (Phi) is 3.90. The summed E-state index contributed by atoms with van der Waals surface area (Å²) in [7, 11) is 0. The molecule has 0 aromatic heterocycles. The van der Waals surface area contributed by atoms with E-state index in [2.05, 4.69) is 46.7 Å². The average molecular weight is 244 g/mol. The Morgan fingerprint density at radius 2 is 2.08 bits per heavy atom. The minimum absolute atomic E-state index is 0.566. The van der Waals surface area contributed by atoms with Crippen molar-refractivity contribution in [3.63, 3.8) is 0 Å². The smallest absolute Gasteiger partial charge is 0.0719 e. The SMILES string of the molecule is Cc1ccc(CCON)c(C)c1Br. The van der Waals surface area contributed by atoms with Gasteiger partial charge in [0.05, 0.1) is 6.61 Å². The van der Waals surface area contributed by atoms with Gasteiger partial charge in [-0.1, -0.05) is 28.1 Å². The van der Waals surface area contributed by atoms with Crippen LogP contribution in [0.5, 0.6) is 0 Å². The van der Waals surface area contributed by atoms with Crippen molar-refractivity contribution >= 4 is 15.9 Å². The zero-order valence-electron chi connectivity index (χ0n) is 7.93. The summed E-state index contributed by atoms with van der Waals surface area (Å²) in [4.78, 5) is 4.56. The van der Waals surface area contributed by atoms with Gasteiger partial charge in [-0.3, -0.25) is 0 Å². The summed E-state index contributed by atoms with van der Waals surface area (Å²) in [5.74, 6) is 4.98. The fraction of sp³-hybridized carbons (Fsp3) is 0.400. The number of hydrogen-bond acceptors (Lipinski definition) is 2. The lowest BCUT2D eigenvalue weighted by Crippen LogP contribution is -2.05. The molecule has 0 amide bonds. The van der Waals surface area contributed by atoms with E-state index >= 15 is 0 Å². The van der Waals surface area contributed by atoms with E-state index in [0.717, 1.165) is 6.42 Å². The highest BCUT2D eigenvalue weighted by Crippen LogP contribution is 2.24.